The van der Waals surface area contributed by atoms with Crippen molar-refractivity contribution in [3.05, 3.63) is 63.7 Å². The number of nitrogens with one attached hydrogen (secondary N) is 1. The second kappa shape index (κ2) is 16.1. The smallest absolute Gasteiger partial charge is 0.128 e. The molecule has 0 spiro atoms. The molecule has 1 atom stereocenters. The largest absolute Gasteiger partial charge is 0.496 e. The van der Waals surface area contributed by atoms with Crippen LogP contribution in [0, 0.1) is 20.8 Å². The summed E-state index contributed by atoms with van der Waals surface area (Å²) in [6, 6.07) is 8.92. The molecule has 5 heteroatoms. The summed E-state index contributed by atoms with van der Waals surface area (Å²) in [5.74, 6) is 0.581. The highest BCUT2D eigenvalue weighted by Crippen LogP contribution is 2.38. The van der Waals surface area contributed by atoms with E-state index < -0.39 is 5.60 Å². The van der Waals surface area contributed by atoms with Crippen molar-refractivity contribution in [3.8, 4) is 5.75 Å². The maximum atomic E-state index is 10.8. The number of ether oxygens (including phenoxy) is 3. The fourth-order valence-electron chi connectivity index (χ4n) is 4.71. The number of hydrogen-bond donors (Lipinski definition) is 2. The first-order valence-corrected chi connectivity index (χ1v) is 13.9. The Kier molecular flexibility index (Phi) is 10.5. The lowest BCUT2D eigenvalue weighted by Crippen LogP contribution is -2.25. The molecule has 2 aromatic rings. The second-order valence-electron chi connectivity index (χ2n) is 10.6. The van der Waals surface area contributed by atoms with Gasteiger partial charge in [0.1, 0.15) is 5.75 Å². The standard InChI is InChI=1S/C32H51NO4.297H2/c1-24-16-10-11-17-27(24)18-12-15-21-37-20-14-9-8-13-19-33-23-30(35-6)28-22-29(32(4,5)34)31(36-7)26(3)25(28)2;;;;;;;;;;;;;;;;;;;;;;;;;;;;;;;;;;;;;;;;;;;;;;;;;;;;;;;;;;;;;;;;;;;;;;;;;;;;;;;;;;;;;;;;;;;;;;;;;;;;;;;;;;;;;;;;;;;;;;;;;;;;;;;;;;;;;;;;;;;;;;;;;;;;;;;;;;;;;;;;;;;;;;;;;;;;;;;;;;;;;;;;;;;;;;;;;;;;;;;;;;;;;;;;;;;;;;;;;;;;;;;;;;;;;;;;;;;;;;;;;;;;;;;;;;;;;;;;;;;;;;;;;;;;;;;;;;;;;;;;;;;;;;;;;;;;;;;;;/h10-11,16-17,22,30,33-34H,8-9,12-15,18-21,23H2,1-7H3;297*1H/i22D;4*1+1D;;;;;;;;;;;;;;;;;;;;;;;;;;;;;;;;;;;;;;;;;;;;;;;;;;;;;;;;;;;;;;;;;;;;;;;;;;;;;;;;;;;;;;;;;;;;;;;;;;;;;;;;;;;;;;;;;;;;;;;;;;;;;;;;;;;;;;;;;;;;;;;;;;;;;;;;;;;;;;;;;;;;;;;;;;;;;;;;;;;;;;;;;;;;;;;;;;;;;;;;;;;;;;;;;;;;;;;;;;;;;;;;;;;;;;;;;;;;;;;;;;;;;;;;;;;;;;;;;;;;;;;;;;;;;;;;;;;;;;;;;;;;;;;;;;;;;. The maximum absolute atomic E-state index is 10.8. The molecule has 2 rings (SSSR count). The zero-order valence-corrected chi connectivity index (χ0v) is 24.3. The van der Waals surface area contributed by atoms with Crippen LogP contribution in [0.3, 0.4) is 0 Å². The zero-order chi connectivity index (χ0) is 36.1. The van der Waals surface area contributed by atoms with Crippen LogP contribution in [-0.2, 0) is 21.5 Å². The summed E-state index contributed by atoms with van der Waals surface area (Å²) in [6.45, 7) is 12.8. The van der Waals surface area contributed by atoms with E-state index in [1.165, 1.54) is 24.0 Å². The Morgan fingerprint density at radius 1 is 1.03 bits per heavy atom. The minimum atomic E-state index is -1.19. The number of aryl methyl sites for hydroxylation is 2. The van der Waals surface area contributed by atoms with Gasteiger partial charge in [0, 0.05) is 462 Å². The van der Waals surface area contributed by atoms with E-state index in [1.54, 1.807) is 28.1 Å². The van der Waals surface area contributed by atoms with E-state index in [1.807, 2.05) is 13.8 Å². The van der Waals surface area contributed by atoms with Gasteiger partial charge in [0.2, 0.25) is 0 Å². The maximum Gasteiger partial charge on any atom is 0.128 e. The molecule has 0 saturated carbocycles. The number of aliphatic hydroxyl groups is 1. The monoisotopic (exact) mass is 1120 g/mol. The summed E-state index contributed by atoms with van der Waals surface area (Å²) in [6.07, 6.45) is 7.68. The van der Waals surface area contributed by atoms with E-state index in [4.69, 9.17) is 27.5 Å². The van der Waals surface area contributed by atoms with Crippen molar-refractivity contribution in [1.82, 2.24) is 5.32 Å². The number of rotatable bonds is 18. The number of unbranched alkanes of at least 4 members (excludes halogenated alkanes) is 4. The fraction of sp³-hybridized carbons (Fsp3) is 0.625. The number of methoxy groups -OCH3 is 2. The third-order valence-electron chi connectivity index (χ3n) is 7.18. The van der Waals surface area contributed by atoms with Crippen molar-refractivity contribution in [2.24, 2.45) is 0 Å². The molecule has 0 heterocycles. The van der Waals surface area contributed by atoms with Crippen LogP contribution in [0.1, 0.15) is 523 Å². The highest BCUT2D eigenvalue weighted by Gasteiger charge is 2.27. The zero-order valence-electron chi connectivity index (χ0n) is 33.3. The highest BCUT2D eigenvalue weighted by atomic mass is 16.5. The van der Waals surface area contributed by atoms with Crippen LogP contribution in [0.2, 0.25) is 0 Å². The average molecular weight is 1120 g/mol. The first-order chi connectivity index (χ1) is 22.1. The molecule has 5 nitrogen and oxygen atoms in total. The van der Waals surface area contributed by atoms with Gasteiger partial charge in [0.05, 0.1) is 20.2 Å². The van der Waals surface area contributed by atoms with Gasteiger partial charge in [-0.1, -0.05) is 37.1 Å². The van der Waals surface area contributed by atoms with Gasteiger partial charge >= 0.3 is 0 Å². The first kappa shape index (κ1) is 24.1. The topological polar surface area (TPSA) is 60.0 Å². The lowest BCUT2D eigenvalue weighted by Gasteiger charge is -2.27. The molecular formula is C32H645NO4. The molecule has 2 N–H and O–H groups in total. The van der Waals surface area contributed by atoms with Gasteiger partial charge in [-0.2, -0.15) is 0 Å². The van der Waals surface area contributed by atoms with Crippen LogP contribution in [0.5, 0.6) is 5.75 Å². The molecule has 0 aromatic heterocycles. The van der Waals surface area contributed by atoms with Crippen LogP contribution in [-0.4, -0.2) is 45.6 Å². The van der Waals surface area contributed by atoms with Crippen molar-refractivity contribution in [2.75, 3.05) is 40.5 Å². The molecule has 802 valence electrons. The van der Waals surface area contributed by atoms with Gasteiger partial charge in [0.15, 0.2) is 0 Å². The molecule has 2 aromatic carbocycles. The SMILES string of the molecule is [2H][2H].[2H][2H].[2H][2H].[2H][2H].[2H]c1c(C(CNCCCCCCOCCCCc2ccccc2C)OC)c(C)c(C)c(OC)c1C(C)(C)O.[HH].[HH].[HH].[HH].[HH].[HH].[HH].[HH].[HH].[HH].[HH].[HH].[HH].[HH].[HH].[HH].[HH].[HH].[HH].[HH].[HH].[HH].[HH].[HH].[HH].[HH].[HH].[HH].[HH].[HH].[HH].[HH].[HH].[HH].[HH].[HH].[HH].[HH].[HH].[HH].[HH].[HH].[HH].[HH].[HH].[HH].[HH].[HH].[HH].[HH].[HH].[HH].[HH].[HH].[HH].[HH].[HH].[HH].[HH].[HH].[HH].[HH].[HH].[HH].[HH].[HH].[HH].[HH].[HH].[HH].[HH].[HH].[HH].[HH].[HH].[HH].[HH].[HH].[HH].[HH].[HH].[HH].[HH].[HH].[HH].[HH].[HH].[HH].[HH].[HH].[HH].[HH].[HH].[HH].[HH].[HH].[HH].[HH].[HH].[HH].[HH].[HH].[HH].[HH].[HH].[HH].[HH].[HH].[HH].[HH].[HH].[HH].[HH].[HH].[HH].[HH].[HH].[HH].[HH].[HH].[HH].[HH].[HH].[HH].[HH].[HH].[HH].[HH].[HH].[HH].[HH].[HH].[HH].[HH].[HH].[HH].[HH].[HH].[HH].[HH].[HH].[HH].[HH].[HH].[HH].[HH].[HH].[HH].[HH].[HH].[HH].[HH].[HH].[HH].[HH].[HH].[HH].[HH].[HH].[HH].[HH].[HH].[HH].[HH].[HH].[HH].[HH].[HH].[HH].[HH].[HH].[HH].[HH].[HH].[HH].[HH].[HH].[HH].[HH].[HH].[HH].[HH].[HH].[HH].[HH].[HH].[HH].[HH].[HH].[HH].[HH].[HH].[HH].[HH].[HH].[HH].[HH].[HH].[HH].[HH].[HH].[HH].[HH].[HH].[HH].[HH].[HH].[HH].[HH].[HH].[HH].[HH].[HH].[HH].[HH].[HH].[HH].[HH].[HH].[HH].[HH].[HH].[HH].[HH].[HH].[HH].[HH].[HH].[HH].[HH].[HH].[HH].[HH].[HH].[HH].[HH].[HH].[HH].[HH].[HH].[HH].[HH].[HH].[HH].[HH].[HH].[HH].[HH].[HH].[HH].[HH].[HH].[HH].[HH].[HH].[HH].[HH].[HH].[HH].[HH].[HH].[HH].[HH].[HH].[HH].[HH].[HH].[HH].[HH].[HH].[HH].[HH].[HH].[HH].[HH].[HH].[HH].[HH].[HH].[HH].[HH].[HH].[HH].[HH].[HH].[HH].[HH].[HH].[HH].[HH].[HH].[HH].[HH]. The molecule has 0 fully saturated rings. The Balaban J connectivity index is -0.000000000207. The Hall–Kier alpha value is -1.92. The van der Waals surface area contributed by atoms with Crippen molar-refractivity contribution >= 4 is 0 Å². The van der Waals surface area contributed by atoms with E-state index in [-0.39, 0.29) is 424 Å². The van der Waals surface area contributed by atoms with Gasteiger partial charge < -0.3 is 24.6 Å². The predicted molar refractivity (Wildman–Crippen MR) is 782 cm³/mol. The van der Waals surface area contributed by atoms with Crippen LogP contribution in [0.15, 0.2) is 30.3 Å². The predicted octanol–water partition coefficient (Wildman–Crippen LogP) is 79.8. The minimum Gasteiger partial charge on any atom is -0.496 e. The molecule has 1 unspecified atom stereocenters. The lowest BCUT2D eigenvalue weighted by atomic mass is 9.88. The van der Waals surface area contributed by atoms with Crippen LogP contribution in [0.25, 0.3) is 0 Å². The van der Waals surface area contributed by atoms with Gasteiger partial charge in [-0.3, -0.25) is 0 Å². The van der Waals surface area contributed by atoms with E-state index in [2.05, 4.69) is 36.5 Å². The molecule has 0 bridgehead atoms. The molecule has 37 heavy (non-hydrogen) atoms. The van der Waals surface area contributed by atoms with Gasteiger partial charge in [-0.15, -0.1) is 0 Å². The summed E-state index contributed by atoms with van der Waals surface area (Å²) in [7, 11) is 3.27. The molecule has 0 amide bonds. The minimum absolute atomic E-state index is 0. The normalized spacial score (nSPS) is 13.9. The van der Waals surface area contributed by atoms with E-state index in [0.29, 0.717) is 23.9 Å². The Labute approximate surface area is 674 Å². The highest BCUT2D eigenvalue weighted by molar-refractivity contribution is 5.52. The van der Waals surface area contributed by atoms with E-state index >= 15 is 0 Å². The second-order valence-corrected chi connectivity index (χ2v) is 10.6. The third kappa shape index (κ3) is 10.0. The molecule has 0 aliphatic rings. The van der Waals surface area contributed by atoms with Gasteiger partial charge in [-0.05, 0) is 107 Å². The number of benzene rings is 2. The average Bonchev–Trinajstić information content (AvgIpc) is 3.07. The van der Waals surface area contributed by atoms with Crippen LogP contribution >= 0.6 is 0 Å². The van der Waals surface area contributed by atoms with Crippen molar-refractivity contribution in [3.63, 3.8) is 0 Å². The number of hydrogen-bond acceptors (Lipinski definition) is 5. The first-order valence-electron chi connectivity index (χ1n) is 18.4. The molecule has 0 radical (unpaired) electrons. The Morgan fingerprint density at radius 2 is 1.70 bits per heavy atom. The quantitative estimate of drug-likeness (QED) is 0.146. The molecule has 0 aliphatic carbocycles. The van der Waals surface area contributed by atoms with Gasteiger partial charge in [0.25, 0.3) is 0 Å². The lowest BCUT2D eigenvalue weighted by molar-refractivity contribution is 0.0739. The van der Waals surface area contributed by atoms with Crippen molar-refractivity contribution < 1.29 is 451 Å². The summed E-state index contributed by atoms with van der Waals surface area (Å²) in [5, 5.41) is 14.3. The Bertz CT molecular complexity index is 1150. The van der Waals surface area contributed by atoms with Gasteiger partial charge in [-0.25, -0.2) is 0 Å². The van der Waals surface area contributed by atoms with Crippen LogP contribution in [0.4, 0.5) is 0 Å². The van der Waals surface area contributed by atoms with E-state index in [9.17, 15) is 5.11 Å². The summed E-state index contributed by atoms with van der Waals surface area (Å²) in [4.78, 5) is 0. The third-order valence-corrected chi connectivity index (χ3v) is 7.18. The molecule has 0 aliphatic heterocycles. The Morgan fingerprint density at radius 3 is 2.35 bits per heavy atom. The summed E-state index contributed by atoms with van der Waals surface area (Å²) >= 11 is 0. The van der Waals surface area contributed by atoms with E-state index in [0.717, 1.165) is 68.6 Å². The van der Waals surface area contributed by atoms with Crippen molar-refractivity contribution in [2.45, 2.75) is 91.3 Å². The summed E-state index contributed by atoms with van der Waals surface area (Å²) in [5.41, 5.74) is 4.88. The van der Waals surface area contributed by atoms with Crippen molar-refractivity contribution in [1.29, 1.82) is 0 Å². The summed E-state index contributed by atoms with van der Waals surface area (Å²) < 4.78 is 66.1. The fourth-order valence-corrected chi connectivity index (χ4v) is 4.71. The molecule has 0 saturated heterocycles. The molecular weight excluding hydrogens is 462 g/mol. The van der Waals surface area contributed by atoms with Crippen LogP contribution < -0.4 is 10.1 Å².